The summed E-state index contributed by atoms with van der Waals surface area (Å²) in [6.45, 7) is 2.80. The first-order valence-corrected chi connectivity index (χ1v) is 12.4. The summed E-state index contributed by atoms with van der Waals surface area (Å²) in [7, 11) is 0. The van der Waals surface area contributed by atoms with Crippen molar-refractivity contribution in [3.63, 3.8) is 0 Å². The molecule has 0 unspecified atom stereocenters. The molecule has 1 aliphatic carbocycles. The lowest BCUT2D eigenvalue weighted by atomic mass is 9.72. The average Bonchev–Trinajstić information content (AvgIpc) is 2.91. The van der Waals surface area contributed by atoms with Crippen LogP contribution in [0.5, 0.6) is 5.75 Å². The van der Waals surface area contributed by atoms with E-state index in [2.05, 4.69) is 71.8 Å². The monoisotopic (exact) mass is 460 g/mol. The molecule has 4 aromatic rings. The molecular weight excluding hydrogens is 432 g/mol. The maximum Gasteiger partial charge on any atom is 0.162 e. The van der Waals surface area contributed by atoms with Crippen LogP contribution in [0.2, 0.25) is 0 Å². The van der Waals surface area contributed by atoms with Crippen molar-refractivity contribution in [2.45, 2.75) is 38.1 Å². The van der Waals surface area contributed by atoms with Crippen molar-refractivity contribution in [2.75, 3.05) is 11.9 Å². The van der Waals surface area contributed by atoms with Crippen LogP contribution in [-0.4, -0.2) is 17.4 Å². The van der Waals surface area contributed by atoms with Crippen molar-refractivity contribution in [1.29, 1.82) is 0 Å². The standard InChI is InChI=1S/C31H28N2O2/c1-2-17-35-23-12-10-21(11-13-23)31-30-25(18-22(19-28(30)34)20-7-4-3-5-8-20)29-24-9-6-16-32-26(24)14-15-27(29)33-31/h3-16,22,31,33H,2,17-19H2,1H3/t22-,31-/m0/s1. The average molecular weight is 461 g/mol. The third-order valence-corrected chi connectivity index (χ3v) is 7.14. The van der Waals surface area contributed by atoms with E-state index in [1.54, 1.807) is 0 Å². The lowest BCUT2D eigenvalue weighted by molar-refractivity contribution is -0.116. The molecule has 1 aliphatic heterocycles. The van der Waals surface area contributed by atoms with Crippen LogP contribution in [-0.2, 0) is 4.79 Å². The number of allylic oxidation sites excluding steroid dienone is 1. The number of rotatable bonds is 5. The smallest absolute Gasteiger partial charge is 0.162 e. The van der Waals surface area contributed by atoms with E-state index < -0.39 is 0 Å². The Balaban J connectivity index is 1.49. The maximum atomic E-state index is 13.8. The molecule has 0 saturated heterocycles. The molecule has 1 N–H and O–H groups in total. The molecule has 0 saturated carbocycles. The number of carbonyl (C=O) groups is 1. The maximum absolute atomic E-state index is 13.8. The summed E-state index contributed by atoms with van der Waals surface area (Å²) in [4.78, 5) is 18.4. The predicted octanol–water partition coefficient (Wildman–Crippen LogP) is 7.09. The minimum absolute atomic E-state index is 0.172. The lowest BCUT2D eigenvalue weighted by Gasteiger charge is -2.37. The van der Waals surface area contributed by atoms with E-state index in [-0.39, 0.29) is 17.7 Å². The summed E-state index contributed by atoms with van der Waals surface area (Å²) >= 11 is 0. The molecule has 0 radical (unpaired) electrons. The molecule has 0 spiro atoms. The van der Waals surface area contributed by atoms with Gasteiger partial charge in [0.2, 0.25) is 0 Å². The van der Waals surface area contributed by atoms with Gasteiger partial charge in [-0.1, -0.05) is 55.5 Å². The van der Waals surface area contributed by atoms with Gasteiger partial charge in [-0.05, 0) is 65.8 Å². The van der Waals surface area contributed by atoms with Gasteiger partial charge in [0.05, 0.1) is 18.2 Å². The first kappa shape index (κ1) is 21.6. The van der Waals surface area contributed by atoms with E-state index in [1.807, 2.05) is 30.5 Å². The predicted molar refractivity (Wildman–Crippen MR) is 141 cm³/mol. The Bertz CT molecular complexity index is 1420. The van der Waals surface area contributed by atoms with Crippen LogP contribution in [0, 0.1) is 0 Å². The highest BCUT2D eigenvalue weighted by atomic mass is 16.5. The highest BCUT2D eigenvalue weighted by Gasteiger charge is 2.38. The summed E-state index contributed by atoms with van der Waals surface area (Å²) in [5, 5.41) is 4.80. The fraction of sp³-hybridized carbons (Fsp3) is 0.226. The summed E-state index contributed by atoms with van der Waals surface area (Å²) in [5.41, 5.74) is 7.47. The summed E-state index contributed by atoms with van der Waals surface area (Å²) < 4.78 is 5.79. The Labute approximate surface area is 205 Å². The number of hydrogen-bond acceptors (Lipinski definition) is 4. The molecule has 35 heavy (non-hydrogen) atoms. The van der Waals surface area contributed by atoms with Crippen molar-refractivity contribution >= 4 is 27.9 Å². The number of nitrogens with zero attached hydrogens (tertiary/aromatic N) is 1. The number of aromatic nitrogens is 1. The van der Waals surface area contributed by atoms with E-state index in [1.165, 1.54) is 5.56 Å². The van der Waals surface area contributed by atoms with Crippen LogP contribution >= 0.6 is 0 Å². The Hall–Kier alpha value is -3.92. The molecular formula is C31H28N2O2. The molecule has 3 aromatic carbocycles. The quantitative estimate of drug-likeness (QED) is 0.345. The van der Waals surface area contributed by atoms with Crippen molar-refractivity contribution in [3.8, 4) is 5.75 Å². The third kappa shape index (κ3) is 3.89. The van der Waals surface area contributed by atoms with E-state index >= 15 is 0 Å². The summed E-state index contributed by atoms with van der Waals surface area (Å²) in [6, 6.07) is 26.7. The van der Waals surface area contributed by atoms with Gasteiger partial charge < -0.3 is 10.1 Å². The molecule has 2 atom stereocenters. The molecule has 4 nitrogen and oxygen atoms in total. The molecule has 2 aliphatic rings. The van der Waals surface area contributed by atoms with Gasteiger partial charge in [-0.3, -0.25) is 9.78 Å². The number of benzene rings is 3. The Morgan fingerprint density at radius 3 is 2.54 bits per heavy atom. The molecule has 0 bridgehead atoms. The highest BCUT2D eigenvalue weighted by molar-refractivity contribution is 6.12. The fourth-order valence-electron chi connectivity index (χ4n) is 5.52. The second kappa shape index (κ2) is 9.03. The number of ketones is 1. The van der Waals surface area contributed by atoms with Crippen LogP contribution in [0.4, 0.5) is 5.69 Å². The molecule has 0 fully saturated rings. The zero-order valence-electron chi connectivity index (χ0n) is 19.8. The van der Waals surface area contributed by atoms with Crippen molar-refractivity contribution < 1.29 is 9.53 Å². The number of nitrogens with one attached hydrogen (secondary N) is 1. The van der Waals surface area contributed by atoms with Gasteiger partial charge in [0.15, 0.2) is 5.78 Å². The first-order chi connectivity index (χ1) is 17.2. The highest BCUT2D eigenvalue weighted by Crippen LogP contribution is 2.50. The largest absolute Gasteiger partial charge is 0.494 e. The third-order valence-electron chi connectivity index (χ3n) is 7.14. The number of pyridine rings is 1. The molecule has 2 heterocycles. The second-order valence-corrected chi connectivity index (χ2v) is 9.38. The lowest BCUT2D eigenvalue weighted by Crippen LogP contribution is -2.29. The minimum Gasteiger partial charge on any atom is -0.494 e. The number of fused-ring (bicyclic) bond motifs is 4. The summed E-state index contributed by atoms with van der Waals surface area (Å²) in [6.07, 6.45) is 4.15. The van der Waals surface area contributed by atoms with Gasteiger partial charge in [-0.2, -0.15) is 0 Å². The van der Waals surface area contributed by atoms with Gasteiger partial charge in [0.25, 0.3) is 0 Å². The van der Waals surface area contributed by atoms with Gasteiger partial charge in [-0.15, -0.1) is 0 Å². The zero-order chi connectivity index (χ0) is 23.8. The fourth-order valence-corrected chi connectivity index (χ4v) is 5.52. The number of Topliss-reactive ketones (excluding diaryl/α,β-unsaturated/α-hetero) is 1. The van der Waals surface area contributed by atoms with Crippen LogP contribution in [0.15, 0.2) is 90.6 Å². The SMILES string of the molecule is CCCOc1ccc([C@@H]2Nc3ccc4ncccc4c3C3=C2C(=O)C[C@@H](c2ccccc2)C3)cc1. The normalized spacial score (nSPS) is 19.2. The molecule has 4 heteroatoms. The minimum atomic E-state index is -0.184. The van der Waals surface area contributed by atoms with E-state index in [9.17, 15) is 4.79 Å². The molecule has 174 valence electrons. The van der Waals surface area contributed by atoms with E-state index in [4.69, 9.17) is 4.74 Å². The van der Waals surface area contributed by atoms with Crippen LogP contribution < -0.4 is 10.1 Å². The Morgan fingerprint density at radius 1 is 0.914 bits per heavy atom. The van der Waals surface area contributed by atoms with Gasteiger partial charge >= 0.3 is 0 Å². The molecule has 0 amide bonds. The summed E-state index contributed by atoms with van der Waals surface area (Å²) in [5.74, 6) is 1.25. The van der Waals surface area contributed by atoms with E-state index in [0.29, 0.717) is 13.0 Å². The molecule has 6 rings (SSSR count). The molecule has 1 aromatic heterocycles. The number of anilines is 1. The van der Waals surface area contributed by atoms with Crippen molar-refractivity contribution in [2.24, 2.45) is 0 Å². The van der Waals surface area contributed by atoms with Gasteiger partial charge in [-0.25, -0.2) is 0 Å². The Morgan fingerprint density at radius 2 is 1.74 bits per heavy atom. The van der Waals surface area contributed by atoms with Crippen molar-refractivity contribution in [3.05, 3.63) is 107 Å². The van der Waals surface area contributed by atoms with Crippen molar-refractivity contribution in [1.82, 2.24) is 4.98 Å². The second-order valence-electron chi connectivity index (χ2n) is 9.38. The van der Waals surface area contributed by atoms with Gasteiger partial charge in [0, 0.05) is 34.8 Å². The van der Waals surface area contributed by atoms with Gasteiger partial charge in [0.1, 0.15) is 5.75 Å². The topological polar surface area (TPSA) is 51.2 Å². The van der Waals surface area contributed by atoms with E-state index in [0.717, 1.165) is 57.5 Å². The first-order valence-electron chi connectivity index (χ1n) is 12.4. The number of ether oxygens (including phenoxy) is 1. The number of carbonyl (C=O) groups excluding carboxylic acids is 1. The number of hydrogen-bond donors (Lipinski definition) is 1. The van der Waals surface area contributed by atoms with Crippen LogP contribution in [0.1, 0.15) is 54.8 Å². The zero-order valence-corrected chi connectivity index (χ0v) is 19.8. The van der Waals surface area contributed by atoms with Crippen LogP contribution in [0.3, 0.4) is 0 Å². The van der Waals surface area contributed by atoms with Crippen LogP contribution in [0.25, 0.3) is 16.5 Å². The Kier molecular flexibility index (Phi) is 5.57.